The first-order valence-corrected chi connectivity index (χ1v) is 6.96. The van der Waals surface area contributed by atoms with Gasteiger partial charge in [-0.2, -0.15) is 0 Å². The van der Waals surface area contributed by atoms with Crippen LogP contribution in [0, 0.1) is 5.92 Å². The fourth-order valence-electron chi connectivity index (χ4n) is 2.12. The third-order valence-electron chi connectivity index (χ3n) is 3.87. The average molecular weight is 270 g/mol. The molecule has 1 heterocycles. The number of nitrogens with one attached hydrogen (secondary N) is 1. The summed E-state index contributed by atoms with van der Waals surface area (Å²) in [6.45, 7) is 7.21. The smallest absolute Gasteiger partial charge is 0.239 e. The van der Waals surface area contributed by atoms with Crippen molar-refractivity contribution >= 4 is 11.8 Å². The Morgan fingerprint density at radius 3 is 2.32 bits per heavy atom. The molecular formula is C13H26N4O2. The first-order valence-electron chi connectivity index (χ1n) is 6.96. The Kier molecular flexibility index (Phi) is 6.24. The molecule has 1 saturated heterocycles. The van der Waals surface area contributed by atoms with E-state index in [1.165, 1.54) is 0 Å². The largest absolute Gasteiger partial charge is 0.358 e. The van der Waals surface area contributed by atoms with Gasteiger partial charge in [0.1, 0.15) is 0 Å². The maximum Gasteiger partial charge on any atom is 0.239 e. The maximum absolute atomic E-state index is 12.2. The molecule has 0 saturated carbocycles. The van der Waals surface area contributed by atoms with E-state index in [-0.39, 0.29) is 17.7 Å². The predicted octanol–water partition coefficient (Wildman–Crippen LogP) is -0.750. The Morgan fingerprint density at radius 2 is 1.84 bits per heavy atom. The monoisotopic (exact) mass is 270 g/mol. The highest BCUT2D eigenvalue weighted by atomic mass is 16.2. The van der Waals surface area contributed by atoms with E-state index in [1.54, 1.807) is 7.05 Å². The number of hydrogen-bond donors (Lipinski definition) is 2. The van der Waals surface area contributed by atoms with E-state index >= 15 is 0 Å². The van der Waals surface area contributed by atoms with Crippen molar-refractivity contribution < 1.29 is 9.59 Å². The Labute approximate surface area is 115 Å². The number of likely N-dealkylation sites (N-methyl/N-ethyl adjacent to an activating group) is 1. The Hall–Kier alpha value is -1.14. The summed E-state index contributed by atoms with van der Waals surface area (Å²) >= 11 is 0. The van der Waals surface area contributed by atoms with E-state index in [1.807, 2.05) is 18.7 Å². The van der Waals surface area contributed by atoms with Gasteiger partial charge in [-0.05, 0) is 5.92 Å². The SMILES string of the molecule is CCC(C)[C@H](N)C(=O)N1CCN(CC(=O)NC)CC1. The van der Waals surface area contributed by atoms with Crippen molar-refractivity contribution in [3.05, 3.63) is 0 Å². The van der Waals surface area contributed by atoms with Crippen molar-refractivity contribution in [3.63, 3.8) is 0 Å². The minimum Gasteiger partial charge on any atom is -0.358 e. The Morgan fingerprint density at radius 1 is 1.26 bits per heavy atom. The van der Waals surface area contributed by atoms with Crippen LogP contribution in [0.5, 0.6) is 0 Å². The summed E-state index contributed by atoms with van der Waals surface area (Å²) in [6.07, 6.45) is 0.906. The minimum absolute atomic E-state index is 0.0103. The van der Waals surface area contributed by atoms with Gasteiger partial charge in [-0.25, -0.2) is 0 Å². The van der Waals surface area contributed by atoms with Crippen LogP contribution in [0.15, 0.2) is 0 Å². The van der Waals surface area contributed by atoms with Crippen LogP contribution in [0.25, 0.3) is 0 Å². The number of carbonyl (C=O) groups excluding carboxylic acids is 2. The van der Waals surface area contributed by atoms with Crippen LogP contribution >= 0.6 is 0 Å². The lowest BCUT2D eigenvalue weighted by Crippen LogP contribution is -2.55. The van der Waals surface area contributed by atoms with Gasteiger partial charge in [-0.15, -0.1) is 0 Å². The second kappa shape index (κ2) is 7.45. The highest BCUT2D eigenvalue weighted by molar-refractivity contribution is 5.82. The first-order chi connectivity index (χ1) is 8.99. The zero-order valence-corrected chi connectivity index (χ0v) is 12.2. The summed E-state index contributed by atoms with van der Waals surface area (Å²) in [6, 6.07) is -0.407. The fraction of sp³-hybridized carbons (Fsp3) is 0.846. The molecule has 2 atom stereocenters. The molecule has 1 unspecified atom stereocenters. The van der Waals surface area contributed by atoms with E-state index in [0.29, 0.717) is 19.6 Å². The number of nitrogens with zero attached hydrogens (tertiary/aromatic N) is 2. The summed E-state index contributed by atoms with van der Waals surface area (Å²) < 4.78 is 0. The lowest BCUT2D eigenvalue weighted by atomic mass is 9.98. The number of nitrogens with two attached hydrogens (primary N) is 1. The molecule has 0 bridgehead atoms. The van der Waals surface area contributed by atoms with Gasteiger partial charge in [0.15, 0.2) is 0 Å². The van der Waals surface area contributed by atoms with E-state index in [9.17, 15) is 9.59 Å². The van der Waals surface area contributed by atoms with Crippen LogP contribution in [0.1, 0.15) is 20.3 Å². The molecule has 19 heavy (non-hydrogen) atoms. The highest BCUT2D eigenvalue weighted by Gasteiger charge is 2.28. The summed E-state index contributed by atoms with van der Waals surface area (Å²) in [5.41, 5.74) is 5.97. The van der Waals surface area contributed by atoms with Crippen molar-refractivity contribution in [1.29, 1.82) is 0 Å². The highest BCUT2D eigenvalue weighted by Crippen LogP contribution is 2.10. The van der Waals surface area contributed by atoms with Gasteiger partial charge in [0.2, 0.25) is 11.8 Å². The van der Waals surface area contributed by atoms with E-state index in [2.05, 4.69) is 10.2 Å². The second-order valence-corrected chi connectivity index (χ2v) is 5.19. The van der Waals surface area contributed by atoms with E-state index < -0.39 is 6.04 Å². The lowest BCUT2D eigenvalue weighted by molar-refractivity contribution is -0.135. The zero-order valence-electron chi connectivity index (χ0n) is 12.2. The van der Waals surface area contributed by atoms with Crippen LogP contribution in [0.4, 0.5) is 0 Å². The number of piperazine rings is 1. The predicted molar refractivity (Wildman–Crippen MR) is 74.5 cm³/mol. The third kappa shape index (κ3) is 4.47. The maximum atomic E-state index is 12.2. The number of rotatable bonds is 5. The zero-order chi connectivity index (χ0) is 14.4. The molecule has 1 rings (SSSR count). The van der Waals surface area contributed by atoms with Gasteiger partial charge < -0.3 is 16.0 Å². The summed E-state index contributed by atoms with van der Waals surface area (Å²) in [5, 5.41) is 2.61. The molecular weight excluding hydrogens is 244 g/mol. The molecule has 110 valence electrons. The van der Waals surface area contributed by atoms with Gasteiger partial charge in [-0.1, -0.05) is 20.3 Å². The molecule has 3 N–H and O–H groups in total. The standard InChI is InChI=1S/C13H26N4O2/c1-4-10(2)12(14)13(19)17-7-5-16(6-8-17)9-11(18)15-3/h10,12H,4-9,14H2,1-3H3,(H,15,18)/t10?,12-/m0/s1. The van der Waals surface area contributed by atoms with Gasteiger partial charge in [0, 0.05) is 33.2 Å². The fourth-order valence-corrected chi connectivity index (χ4v) is 2.12. The van der Waals surface area contributed by atoms with Crippen molar-refractivity contribution in [2.24, 2.45) is 11.7 Å². The van der Waals surface area contributed by atoms with Gasteiger partial charge in [-0.3, -0.25) is 14.5 Å². The molecule has 1 aliphatic heterocycles. The Bertz CT molecular complexity index is 314. The normalized spacial score (nSPS) is 19.9. The molecule has 1 aliphatic rings. The van der Waals surface area contributed by atoms with E-state index in [0.717, 1.165) is 19.5 Å². The molecule has 0 aliphatic carbocycles. The number of hydrogen-bond acceptors (Lipinski definition) is 4. The van der Waals surface area contributed by atoms with Crippen LogP contribution in [-0.4, -0.2) is 67.4 Å². The Balaban J connectivity index is 2.41. The van der Waals surface area contributed by atoms with Crippen LogP contribution in [0.2, 0.25) is 0 Å². The number of carbonyl (C=O) groups is 2. The lowest BCUT2D eigenvalue weighted by Gasteiger charge is -2.36. The van der Waals surface area contributed by atoms with Crippen molar-refractivity contribution in [1.82, 2.24) is 15.1 Å². The molecule has 6 nitrogen and oxygen atoms in total. The van der Waals surface area contributed by atoms with Gasteiger partial charge in [0.25, 0.3) is 0 Å². The summed E-state index contributed by atoms with van der Waals surface area (Å²) in [7, 11) is 1.63. The topological polar surface area (TPSA) is 78.7 Å². The molecule has 2 amide bonds. The first kappa shape index (κ1) is 15.9. The molecule has 1 fully saturated rings. The summed E-state index contributed by atoms with van der Waals surface area (Å²) in [5.74, 6) is 0.251. The molecule has 0 radical (unpaired) electrons. The van der Waals surface area contributed by atoms with Crippen molar-refractivity contribution in [3.8, 4) is 0 Å². The van der Waals surface area contributed by atoms with Crippen LogP contribution in [-0.2, 0) is 9.59 Å². The van der Waals surface area contributed by atoms with Crippen LogP contribution in [0.3, 0.4) is 0 Å². The summed E-state index contributed by atoms with van der Waals surface area (Å²) in [4.78, 5) is 27.3. The molecule has 0 aromatic rings. The second-order valence-electron chi connectivity index (χ2n) is 5.19. The molecule has 0 aromatic carbocycles. The minimum atomic E-state index is -0.407. The van der Waals surface area contributed by atoms with Gasteiger partial charge >= 0.3 is 0 Å². The van der Waals surface area contributed by atoms with Crippen molar-refractivity contribution in [2.45, 2.75) is 26.3 Å². The quantitative estimate of drug-likeness (QED) is 0.689. The van der Waals surface area contributed by atoms with Gasteiger partial charge in [0.05, 0.1) is 12.6 Å². The third-order valence-corrected chi connectivity index (χ3v) is 3.87. The van der Waals surface area contributed by atoms with E-state index in [4.69, 9.17) is 5.73 Å². The average Bonchev–Trinajstić information content (AvgIpc) is 2.45. The van der Waals surface area contributed by atoms with Crippen LogP contribution < -0.4 is 11.1 Å². The number of amides is 2. The molecule has 0 spiro atoms. The molecule has 6 heteroatoms. The molecule has 0 aromatic heterocycles. The van der Waals surface area contributed by atoms with Crippen molar-refractivity contribution in [2.75, 3.05) is 39.8 Å².